The molecule has 0 bridgehead atoms. The van der Waals surface area contributed by atoms with E-state index in [0.29, 0.717) is 0 Å². The van der Waals surface area contributed by atoms with E-state index >= 15 is 0 Å². The highest BCUT2D eigenvalue weighted by Gasteiger charge is 2.22. The van der Waals surface area contributed by atoms with Crippen LogP contribution in [-0.2, 0) is 19.9 Å². The second kappa shape index (κ2) is 7.31. The first-order chi connectivity index (χ1) is 13.0. The molecule has 2 aromatic carbocycles. The summed E-state index contributed by atoms with van der Waals surface area (Å²) in [5.41, 5.74) is 5.75. The van der Waals surface area contributed by atoms with Gasteiger partial charge >= 0.3 is 0 Å². The van der Waals surface area contributed by atoms with Crippen LogP contribution in [0, 0.1) is 6.92 Å². The van der Waals surface area contributed by atoms with Crippen LogP contribution in [0.15, 0.2) is 47.6 Å². The van der Waals surface area contributed by atoms with Crippen molar-refractivity contribution in [1.29, 1.82) is 0 Å². The molecule has 0 unspecified atom stereocenters. The highest BCUT2D eigenvalue weighted by molar-refractivity contribution is 8.00. The minimum atomic E-state index is -0.211. The van der Waals surface area contributed by atoms with E-state index in [1.165, 1.54) is 29.3 Å². The fourth-order valence-electron chi connectivity index (χ4n) is 3.65. The summed E-state index contributed by atoms with van der Waals surface area (Å²) in [4.78, 5) is 12.9. The summed E-state index contributed by atoms with van der Waals surface area (Å²) in [5, 5.41) is 9.24. The molecule has 1 aliphatic rings. The topological polar surface area (TPSA) is 47.8 Å². The molecule has 27 heavy (non-hydrogen) atoms. The average Bonchev–Trinajstić information content (AvgIpc) is 3.28. The standard InChI is InChI=1S/C22H23N3OS/c1-14-7-4-5-10-19(14)21-23-24-22(25(21)3)27-15(2)20(26)18-12-11-16-8-6-9-17(16)13-18/h4-5,7,10-13,15H,6,8-9H2,1-3H3/t15-/m1/s1. The zero-order valence-corrected chi connectivity index (χ0v) is 16.7. The van der Waals surface area contributed by atoms with E-state index in [9.17, 15) is 4.79 Å². The summed E-state index contributed by atoms with van der Waals surface area (Å²) in [6, 6.07) is 14.3. The third kappa shape index (κ3) is 3.44. The maximum absolute atomic E-state index is 12.9. The van der Waals surface area contributed by atoms with Crippen molar-refractivity contribution in [2.75, 3.05) is 0 Å². The van der Waals surface area contributed by atoms with Crippen LogP contribution >= 0.6 is 11.8 Å². The lowest BCUT2D eigenvalue weighted by molar-refractivity contribution is 0.0993. The molecule has 0 aliphatic heterocycles. The highest BCUT2D eigenvalue weighted by Crippen LogP contribution is 2.30. The molecule has 0 saturated heterocycles. The zero-order chi connectivity index (χ0) is 19.0. The average molecular weight is 378 g/mol. The minimum Gasteiger partial charge on any atom is -0.305 e. The number of Topliss-reactive ketones (excluding diaryl/α,β-unsaturated/α-hetero) is 1. The van der Waals surface area contributed by atoms with Crippen LogP contribution in [0.3, 0.4) is 0 Å². The smallest absolute Gasteiger partial charge is 0.191 e. The van der Waals surface area contributed by atoms with Crippen LogP contribution in [0.1, 0.15) is 40.4 Å². The second-order valence-electron chi connectivity index (χ2n) is 7.14. The highest BCUT2D eigenvalue weighted by atomic mass is 32.2. The molecule has 138 valence electrons. The first kappa shape index (κ1) is 18.0. The van der Waals surface area contributed by atoms with E-state index in [-0.39, 0.29) is 11.0 Å². The number of carbonyl (C=O) groups is 1. The summed E-state index contributed by atoms with van der Waals surface area (Å²) in [7, 11) is 1.96. The number of ketones is 1. The van der Waals surface area contributed by atoms with Crippen LogP contribution in [0.5, 0.6) is 0 Å². The molecule has 5 heteroatoms. The molecular weight excluding hydrogens is 354 g/mol. The van der Waals surface area contributed by atoms with Gasteiger partial charge in [0.1, 0.15) is 0 Å². The van der Waals surface area contributed by atoms with E-state index in [1.54, 1.807) is 0 Å². The Balaban J connectivity index is 1.54. The summed E-state index contributed by atoms with van der Waals surface area (Å²) >= 11 is 1.47. The van der Waals surface area contributed by atoms with Gasteiger partial charge in [0.2, 0.25) is 0 Å². The molecule has 0 N–H and O–H groups in total. The Morgan fingerprint density at radius 2 is 1.89 bits per heavy atom. The van der Waals surface area contributed by atoms with Gasteiger partial charge in [-0.3, -0.25) is 4.79 Å². The third-order valence-electron chi connectivity index (χ3n) is 5.26. The van der Waals surface area contributed by atoms with Gasteiger partial charge in [0, 0.05) is 18.2 Å². The SMILES string of the molecule is Cc1ccccc1-c1nnc(S[C@H](C)C(=O)c2ccc3c(c2)CCC3)n1C. The predicted molar refractivity (Wildman–Crippen MR) is 109 cm³/mol. The first-order valence-corrected chi connectivity index (χ1v) is 10.2. The number of fused-ring (bicyclic) bond motifs is 1. The zero-order valence-electron chi connectivity index (χ0n) is 15.9. The Morgan fingerprint density at radius 1 is 1.11 bits per heavy atom. The summed E-state index contributed by atoms with van der Waals surface area (Å²) in [6.45, 7) is 4.01. The number of aromatic nitrogens is 3. The Bertz CT molecular complexity index is 1010. The quantitative estimate of drug-likeness (QED) is 0.480. The van der Waals surface area contributed by atoms with Crippen molar-refractivity contribution >= 4 is 17.5 Å². The van der Waals surface area contributed by atoms with E-state index < -0.39 is 0 Å². The van der Waals surface area contributed by atoms with Gasteiger partial charge in [-0.2, -0.15) is 0 Å². The molecule has 0 spiro atoms. The Labute approximate surface area is 164 Å². The molecule has 1 aromatic heterocycles. The van der Waals surface area contributed by atoms with Crippen molar-refractivity contribution < 1.29 is 4.79 Å². The number of carbonyl (C=O) groups excluding carboxylic acids is 1. The number of hydrogen-bond donors (Lipinski definition) is 0. The monoisotopic (exact) mass is 377 g/mol. The van der Waals surface area contributed by atoms with Gasteiger partial charge in [-0.1, -0.05) is 48.2 Å². The van der Waals surface area contributed by atoms with Crippen molar-refractivity contribution in [3.05, 3.63) is 64.7 Å². The number of thioether (sulfide) groups is 1. The lowest BCUT2D eigenvalue weighted by atomic mass is 10.0. The Kier molecular flexibility index (Phi) is 4.87. The summed E-state index contributed by atoms with van der Waals surface area (Å²) in [6.07, 6.45) is 3.41. The predicted octanol–water partition coefficient (Wildman–Crippen LogP) is 4.64. The normalized spacial score (nSPS) is 14.2. The van der Waals surface area contributed by atoms with Crippen LogP contribution in [-0.4, -0.2) is 25.8 Å². The molecule has 0 radical (unpaired) electrons. The van der Waals surface area contributed by atoms with Crippen molar-refractivity contribution in [2.45, 2.75) is 43.5 Å². The molecule has 0 saturated carbocycles. The number of rotatable bonds is 5. The Morgan fingerprint density at radius 3 is 2.70 bits per heavy atom. The lowest BCUT2D eigenvalue weighted by Gasteiger charge is -2.11. The van der Waals surface area contributed by atoms with Crippen molar-refractivity contribution in [1.82, 2.24) is 14.8 Å². The van der Waals surface area contributed by atoms with Gasteiger partial charge in [-0.25, -0.2) is 0 Å². The van der Waals surface area contributed by atoms with E-state index in [1.807, 2.05) is 42.8 Å². The Hall–Kier alpha value is -2.40. The maximum atomic E-state index is 12.9. The fraction of sp³-hybridized carbons (Fsp3) is 0.318. The van der Waals surface area contributed by atoms with E-state index in [0.717, 1.165) is 40.5 Å². The molecule has 1 atom stereocenters. The molecule has 3 aromatic rings. The molecule has 4 nitrogen and oxygen atoms in total. The van der Waals surface area contributed by atoms with Crippen molar-refractivity contribution in [3.63, 3.8) is 0 Å². The second-order valence-corrected chi connectivity index (χ2v) is 8.45. The minimum absolute atomic E-state index is 0.148. The van der Waals surface area contributed by atoms with Gasteiger partial charge in [0.15, 0.2) is 16.8 Å². The number of benzene rings is 2. The summed E-state index contributed by atoms with van der Waals surface area (Å²) in [5.74, 6) is 0.975. The van der Waals surface area contributed by atoms with Crippen LogP contribution in [0.2, 0.25) is 0 Å². The number of aryl methyl sites for hydroxylation is 3. The number of hydrogen-bond acceptors (Lipinski definition) is 4. The van der Waals surface area contributed by atoms with E-state index in [4.69, 9.17) is 0 Å². The molecule has 1 aliphatic carbocycles. The third-order valence-corrected chi connectivity index (χ3v) is 6.39. The van der Waals surface area contributed by atoms with Gasteiger partial charge in [-0.15, -0.1) is 10.2 Å². The molecule has 4 rings (SSSR count). The van der Waals surface area contributed by atoms with Crippen LogP contribution < -0.4 is 0 Å². The van der Waals surface area contributed by atoms with Crippen LogP contribution in [0.4, 0.5) is 0 Å². The molecule has 0 fully saturated rings. The number of nitrogens with zero attached hydrogens (tertiary/aromatic N) is 3. The molecule has 1 heterocycles. The van der Waals surface area contributed by atoms with Gasteiger partial charge in [0.05, 0.1) is 5.25 Å². The molecule has 0 amide bonds. The van der Waals surface area contributed by atoms with Crippen LogP contribution in [0.25, 0.3) is 11.4 Å². The first-order valence-electron chi connectivity index (χ1n) is 9.32. The molecular formula is C22H23N3OS. The van der Waals surface area contributed by atoms with Gasteiger partial charge in [0.25, 0.3) is 0 Å². The van der Waals surface area contributed by atoms with E-state index in [2.05, 4.69) is 35.3 Å². The van der Waals surface area contributed by atoms with Crippen molar-refractivity contribution in [2.24, 2.45) is 7.05 Å². The van der Waals surface area contributed by atoms with Gasteiger partial charge in [-0.05, 0) is 55.9 Å². The lowest BCUT2D eigenvalue weighted by Crippen LogP contribution is -2.14. The maximum Gasteiger partial charge on any atom is 0.191 e. The fourth-order valence-corrected chi connectivity index (χ4v) is 4.54. The largest absolute Gasteiger partial charge is 0.305 e. The van der Waals surface area contributed by atoms with Crippen molar-refractivity contribution in [3.8, 4) is 11.4 Å². The van der Waals surface area contributed by atoms with Gasteiger partial charge < -0.3 is 4.57 Å². The summed E-state index contributed by atoms with van der Waals surface area (Å²) < 4.78 is 1.97.